The molecule has 108 valence electrons. The van der Waals surface area contributed by atoms with Crippen molar-refractivity contribution in [1.82, 2.24) is 10.2 Å². The first-order valence-electron chi connectivity index (χ1n) is 6.42. The van der Waals surface area contributed by atoms with Crippen LogP contribution in [0.3, 0.4) is 0 Å². The van der Waals surface area contributed by atoms with E-state index in [9.17, 15) is 14.0 Å². The van der Waals surface area contributed by atoms with Crippen LogP contribution in [0.2, 0.25) is 5.02 Å². The van der Waals surface area contributed by atoms with Crippen molar-refractivity contribution in [3.63, 3.8) is 0 Å². The standard InChI is InChI=1S/C14H16ClFN2O2/c1-8-5-13(19)17-9(2)14(20)18(8)7-10-3-4-11(15)6-12(10)16/h3-4,6,8-9H,5,7H2,1-2H3,(H,17,19). The summed E-state index contributed by atoms with van der Waals surface area (Å²) in [6.07, 6.45) is 0.214. The first-order chi connectivity index (χ1) is 9.38. The second kappa shape index (κ2) is 5.79. The zero-order valence-electron chi connectivity index (χ0n) is 11.3. The number of nitrogens with zero attached hydrogens (tertiary/aromatic N) is 1. The third-order valence-electron chi connectivity index (χ3n) is 3.40. The fourth-order valence-corrected chi connectivity index (χ4v) is 2.43. The predicted octanol–water partition coefficient (Wildman–Crippen LogP) is 2.10. The smallest absolute Gasteiger partial charge is 0.245 e. The molecule has 6 heteroatoms. The Hall–Kier alpha value is -1.62. The van der Waals surface area contributed by atoms with Crippen LogP contribution in [0.25, 0.3) is 0 Å². The van der Waals surface area contributed by atoms with Crippen molar-refractivity contribution in [3.8, 4) is 0 Å². The van der Waals surface area contributed by atoms with Crippen LogP contribution < -0.4 is 5.32 Å². The minimum absolute atomic E-state index is 0.127. The molecule has 2 unspecified atom stereocenters. The number of benzene rings is 1. The van der Waals surface area contributed by atoms with E-state index in [1.807, 2.05) is 0 Å². The molecule has 0 spiro atoms. The highest BCUT2D eigenvalue weighted by Crippen LogP contribution is 2.20. The summed E-state index contributed by atoms with van der Waals surface area (Å²) in [5, 5.41) is 2.93. The fourth-order valence-electron chi connectivity index (χ4n) is 2.27. The molecular weight excluding hydrogens is 283 g/mol. The topological polar surface area (TPSA) is 49.4 Å². The van der Waals surface area contributed by atoms with Crippen molar-refractivity contribution in [2.45, 2.75) is 38.9 Å². The van der Waals surface area contributed by atoms with Gasteiger partial charge in [0, 0.05) is 29.6 Å². The molecule has 0 radical (unpaired) electrons. The molecular formula is C14H16ClFN2O2. The molecule has 1 aromatic carbocycles. The molecule has 0 saturated carbocycles. The van der Waals surface area contributed by atoms with Crippen molar-refractivity contribution in [2.24, 2.45) is 0 Å². The Bertz CT molecular complexity index is 550. The molecule has 1 fully saturated rings. The van der Waals surface area contributed by atoms with Crippen molar-refractivity contribution in [2.75, 3.05) is 0 Å². The summed E-state index contributed by atoms with van der Waals surface area (Å²) in [6, 6.07) is 3.49. The Labute approximate surface area is 121 Å². The Morgan fingerprint density at radius 2 is 2.10 bits per heavy atom. The molecule has 1 saturated heterocycles. The van der Waals surface area contributed by atoms with Crippen LogP contribution in [-0.4, -0.2) is 28.8 Å². The maximum atomic E-state index is 13.8. The van der Waals surface area contributed by atoms with Crippen LogP contribution in [-0.2, 0) is 16.1 Å². The Morgan fingerprint density at radius 3 is 2.75 bits per heavy atom. The third kappa shape index (κ3) is 3.10. The lowest BCUT2D eigenvalue weighted by molar-refractivity contribution is -0.135. The van der Waals surface area contributed by atoms with Gasteiger partial charge in [-0.05, 0) is 26.0 Å². The summed E-state index contributed by atoms with van der Waals surface area (Å²) >= 11 is 5.71. The number of hydrogen-bond donors (Lipinski definition) is 1. The summed E-state index contributed by atoms with van der Waals surface area (Å²) in [6.45, 7) is 3.54. The van der Waals surface area contributed by atoms with E-state index in [1.165, 1.54) is 11.0 Å². The quantitative estimate of drug-likeness (QED) is 0.909. The van der Waals surface area contributed by atoms with Gasteiger partial charge in [0.25, 0.3) is 0 Å². The molecule has 1 N–H and O–H groups in total. The SMILES string of the molecule is CC1NC(=O)CC(C)N(Cc2ccc(Cl)cc2F)C1=O. The van der Waals surface area contributed by atoms with Gasteiger partial charge in [0.15, 0.2) is 0 Å². The number of amides is 2. The normalized spacial score (nSPS) is 23.5. The summed E-state index contributed by atoms with van der Waals surface area (Å²) in [7, 11) is 0. The van der Waals surface area contributed by atoms with Crippen molar-refractivity contribution in [1.29, 1.82) is 0 Å². The van der Waals surface area contributed by atoms with Gasteiger partial charge in [-0.1, -0.05) is 17.7 Å². The number of nitrogens with one attached hydrogen (secondary N) is 1. The molecule has 20 heavy (non-hydrogen) atoms. The predicted molar refractivity (Wildman–Crippen MR) is 73.6 cm³/mol. The van der Waals surface area contributed by atoms with E-state index >= 15 is 0 Å². The van der Waals surface area contributed by atoms with Gasteiger partial charge in [-0.2, -0.15) is 0 Å². The van der Waals surface area contributed by atoms with Crippen LogP contribution in [0, 0.1) is 5.82 Å². The van der Waals surface area contributed by atoms with Gasteiger partial charge in [0.2, 0.25) is 11.8 Å². The molecule has 2 atom stereocenters. The summed E-state index contributed by atoms with van der Waals surface area (Å²) in [5.74, 6) is -0.830. The molecule has 0 aromatic heterocycles. The van der Waals surface area contributed by atoms with Crippen molar-refractivity contribution < 1.29 is 14.0 Å². The second-order valence-electron chi connectivity index (χ2n) is 5.04. The van der Waals surface area contributed by atoms with Gasteiger partial charge in [-0.3, -0.25) is 9.59 Å². The van der Waals surface area contributed by atoms with E-state index in [0.29, 0.717) is 10.6 Å². The zero-order valence-corrected chi connectivity index (χ0v) is 12.1. The van der Waals surface area contributed by atoms with Crippen LogP contribution >= 0.6 is 11.6 Å². The number of hydrogen-bond acceptors (Lipinski definition) is 2. The minimum atomic E-state index is -0.595. The maximum absolute atomic E-state index is 13.8. The third-order valence-corrected chi connectivity index (χ3v) is 3.63. The van der Waals surface area contributed by atoms with Gasteiger partial charge < -0.3 is 10.2 Å². The Kier molecular flexibility index (Phi) is 4.28. The molecule has 1 aliphatic heterocycles. The van der Waals surface area contributed by atoms with Crippen LogP contribution in [0.15, 0.2) is 18.2 Å². The Morgan fingerprint density at radius 1 is 1.40 bits per heavy atom. The van der Waals surface area contributed by atoms with E-state index < -0.39 is 11.9 Å². The summed E-state index contributed by atoms with van der Waals surface area (Å²) < 4.78 is 13.8. The first kappa shape index (κ1) is 14.8. The van der Waals surface area contributed by atoms with Gasteiger partial charge in [0.05, 0.1) is 0 Å². The number of halogens is 2. The van der Waals surface area contributed by atoms with Gasteiger partial charge in [-0.25, -0.2) is 4.39 Å². The molecule has 1 heterocycles. The molecule has 4 nitrogen and oxygen atoms in total. The summed E-state index contributed by atoms with van der Waals surface area (Å²) in [4.78, 5) is 25.3. The van der Waals surface area contributed by atoms with E-state index in [0.717, 1.165) is 0 Å². The lowest BCUT2D eigenvalue weighted by Crippen LogP contribution is -2.44. The Balaban J connectivity index is 2.25. The highest BCUT2D eigenvalue weighted by Gasteiger charge is 2.31. The lowest BCUT2D eigenvalue weighted by atomic mass is 10.1. The minimum Gasteiger partial charge on any atom is -0.345 e. The monoisotopic (exact) mass is 298 g/mol. The first-order valence-corrected chi connectivity index (χ1v) is 6.80. The highest BCUT2D eigenvalue weighted by molar-refractivity contribution is 6.30. The van der Waals surface area contributed by atoms with Gasteiger partial charge in [0.1, 0.15) is 11.9 Å². The van der Waals surface area contributed by atoms with Gasteiger partial charge >= 0.3 is 0 Å². The molecule has 0 bridgehead atoms. The largest absolute Gasteiger partial charge is 0.345 e. The average molecular weight is 299 g/mol. The molecule has 0 aliphatic carbocycles. The van der Waals surface area contributed by atoms with Gasteiger partial charge in [-0.15, -0.1) is 0 Å². The highest BCUT2D eigenvalue weighted by atomic mass is 35.5. The van der Waals surface area contributed by atoms with E-state index in [4.69, 9.17) is 11.6 Å². The van der Waals surface area contributed by atoms with E-state index in [-0.39, 0.29) is 30.8 Å². The molecule has 2 rings (SSSR count). The van der Waals surface area contributed by atoms with Crippen LogP contribution in [0.4, 0.5) is 4.39 Å². The maximum Gasteiger partial charge on any atom is 0.245 e. The zero-order chi connectivity index (χ0) is 14.9. The average Bonchev–Trinajstić information content (AvgIpc) is 2.44. The molecule has 2 amide bonds. The number of carbonyl (C=O) groups excluding carboxylic acids is 2. The van der Waals surface area contributed by atoms with Crippen molar-refractivity contribution >= 4 is 23.4 Å². The number of rotatable bonds is 2. The second-order valence-corrected chi connectivity index (χ2v) is 5.48. The van der Waals surface area contributed by atoms with E-state index in [2.05, 4.69) is 5.32 Å². The van der Waals surface area contributed by atoms with Crippen LogP contribution in [0.1, 0.15) is 25.8 Å². The van der Waals surface area contributed by atoms with Crippen molar-refractivity contribution in [3.05, 3.63) is 34.6 Å². The summed E-state index contributed by atoms with van der Waals surface area (Å²) in [5.41, 5.74) is 0.385. The number of carbonyl (C=O) groups is 2. The molecule has 1 aromatic rings. The fraction of sp³-hybridized carbons (Fsp3) is 0.429. The van der Waals surface area contributed by atoms with Crippen LogP contribution in [0.5, 0.6) is 0 Å². The van der Waals surface area contributed by atoms with E-state index in [1.54, 1.807) is 26.0 Å². The molecule has 1 aliphatic rings. The lowest BCUT2D eigenvalue weighted by Gasteiger charge is -2.28.